The van der Waals surface area contributed by atoms with Crippen LogP contribution < -0.4 is 29.9 Å². The summed E-state index contributed by atoms with van der Waals surface area (Å²) in [7, 11) is 3.61. The van der Waals surface area contributed by atoms with Crippen molar-refractivity contribution in [3.63, 3.8) is 0 Å². The molecular weight excluding hydrogens is 447 g/mol. The van der Waals surface area contributed by atoms with Gasteiger partial charge in [0.05, 0.1) is 36.9 Å². The van der Waals surface area contributed by atoms with Gasteiger partial charge < -0.3 is 34.5 Å². The Morgan fingerprint density at radius 2 is 1.91 bits per heavy atom. The molecule has 35 heavy (non-hydrogen) atoms. The van der Waals surface area contributed by atoms with Crippen molar-refractivity contribution < 1.29 is 13.9 Å². The van der Waals surface area contributed by atoms with E-state index in [0.29, 0.717) is 18.3 Å². The average molecular weight is 481 g/mol. The van der Waals surface area contributed by atoms with Crippen LogP contribution in [0.2, 0.25) is 0 Å². The second-order valence-electron chi connectivity index (χ2n) is 9.22. The molecule has 3 heterocycles. The van der Waals surface area contributed by atoms with Gasteiger partial charge >= 0.3 is 0 Å². The molecule has 0 saturated carbocycles. The molecule has 0 amide bonds. The molecule has 1 aromatic heterocycles. The lowest BCUT2D eigenvalue weighted by molar-refractivity contribution is 0.287. The van der Waals surface area contributed by atoms with Crippen LogP contribution in [0, 0.1) is 5.82 Å². The molecule has 2 aliphatic heterocycles. The van der Waals surface area contributed by atoms with Gasteiger partial charge in [-0.1, -0.05) is 0 Å². The van der Waals surface area contributed by atoms with E-state index in [2.05, 4.69) is 45.3 Å². The van der Waals surface area contributed by atoms with E-state index in [1.54, 1.807) is 13.3 Å². The molecule has 0 bridgehead atoms. The minimum Gasteiger partial charge on any atom is -0.495 e. The van der Waals surface area contributed by atoms with Gasteiger partial charge in [-0.2, -0.15) is 0 Å². The Bertz CT molecular complexity index is 1200. The molecular formula is C26H33FN6O2. The topological polar surface area (TPSA) is 66.8 Å². The van der Waals surface area contributed by atoms with Gasteiger partial charge in [0, 0.05) is 56.6 Å². The Kier molecular flexibility index (Phi) is 6.42. The first kappa shape index (κ1) is 23.3. The largest absolute Gasteiger partial charge is 0.495 e. The number of benzene rings is 2. The lowest BCUT2D eigenvalue weighted by Gasteiger charge is -2.34. The van der Waals surface area contributed by atoms with Gasteiger partial charge in [0.15, 0.2) is 11.6 Å². The van der Waals surface area contributed by atoms with Crippen molar-refractivity contribution >= 4 is 23.0 Å². The summed E-state index contributed by atoms with van der Waals surface area (Å²) in [5, 5.41) is 6.76. The van der Waals surface area contributed by atoms with Crippen molar-refractivity contribution in [3.05, 3.63) is 42.3 Å². The number of nitrogens with one attached hydrogen (secondary N) is 2. The number of halogens is 1. The molecule has 1 saturated heterocycles. The molecule has 2 aromatic carbocycles. The van der Waals surface area contributed by atoms with E-state index in [9.17, 15) is 4.39 Å². The summed E-state index contributed by atoms with van der Waals surface area (Å²) in [4.78, 5) is 9.08. The van der Waals surface area contributed by atoms with Crippen LogP contribution in [0.3, 0.4) is 0 Å². The Hall–Kier alpha value is -3.46. The molecule has 9 heteroatoms. The first-order valence-electron chi connectivity index (χ1n) is 12.1. The van der Waals surface area contributed by atoms with E-state index in [4.69, 9.17) is 9.47 Å². The molecule has 0 radical (unpaired) electrons. The number of piperazine rings is 1. The molecule has 2 N–H and O–H groups in total. The number of methoxy groups -OCH3 is 1. The Labute approximate surface area is 205 Å². The first-order valence-corrected chi connectivity index (χ1v) is 12.1. The predicted molar refractivity (Wildman–Crippen MR) is 138 cm³/mol. The molecule has 5 rings (SSSR count). The summed E-state index contributed by atoms with van der Waals surface area (Å²) < 4.78 is 28.3. The standard InChI is InChI=1S/C26H33FN6O2/c1-17(2)33-11-12-35-25-20(27)13-18(14-22(25)33)23-16-29-26(31(23)3)30-19-5-6-21(24(15-19)34-4)32-9-7-28-8-10-32/h5-6,13-17,28H,7-12H2,1-4H3,(H,29,30). The smallest absolute Gasteiger partial charge is 0.207 e. The van der Waals surface area contributed by atoms with Gasteiger partial charge in [-0.3, -0.25) is 0 Å². The van der Waals surface area contributed by atoms with Gasteiger partial charge in [-0.25, -0.2) is 9.37 Å². The van der Waals surface area contributed by atoms with Crippen molar-refractivity contribution in [2.75, 3.05) is 61.6 Å². The fraction of sp³-hybridized carbons (Fsp3) is 0.423. The second kappa shape index (κ2) is 9.65. The third-order valence-electron chi connectivity index (χ3n) is 6.71. The van der Waals surface area contributed by atoms with Crippen molar-refractivity contribution in [2.24, 2.45) is 7.05 Å². The molecule has 186 valence electrons. The number of imidazole rings is 1. The summed E-state index contributed by atoms with van der Waals surface area (Å²) in [6.45, 7) is 9.24. The summed E-state index contributed by atoms with van der Waals surface area (Å²) in [5.41, 5.74) is 4.31. The van der Waals surface area contributed by atoms with Crippen molar-refractivity contribution in [3.8, 4) is 22.8 Å². The normalized spacial score (nSPS) is 15.7. The van der Waals surface area contributed by atoms with Crippen LogP contribution in [0.1, 0.15) is 13.8 Å². The Morgan fingerprint density at radius 1 is 1.11 bits per heavy atom. The van der Waals surface area contributed by atoms with Gasteiger partial charge in [0.2, 0.25) is 5.95 Å². The zero-order valence-electron chi connectivity index (χ0n) is 20.8. The fourth-order valence-corrected chi connectivity index (χ4v) is 4.83. The predicted octanol–water partition coefficient (Wildman–Crippen LogP) is 4.00. The zero-order valence-corrected chi connectivity index (χ0v) is 20.8. The van der Waals surface area contributed by atoms with Crippen LogP contribution in [-0.2, 0) is 7.05 Å². The van der Waals surface area contributed by atoms with E-state index in [0.717, 1.165) is 66.8 Å². The molecule has 3 aromatic rings. The number of ether oxygens (including phenoxy) is 2. The maximum atomic E-state index is 15.0. The minimum absolute atomic E-state index is 0.246. The van der Waals surface area contributed by atoms with Crippen molar-refractivity contribution in [1.29, 1.82) is 0 Å². The maximum absolute atomic E-state index is 15.0. The third-order valence-corrected chi connectivity index (χ3v) is 6.71. The summed E-state index contributed by atoms with van der Waals surface area (Å²) in [5.74, 6) is 1.45. The van der Waals surface area contributed by atoms with Gasteiger partial charge in [-0.15, -0.1) is 0 Å². The summed E-state index contributed by atoms with van der Waals surface area (Å²) in [6, 6.07) is 9.86. The number of hydrogen-bond acceptors (Lipinski definition) is 7. The summed E-state index contributed by atoms with van der Waals surface area (Å²) in [6.07, 6.45) is 1.76. The highest BCUT2D eigenvalue weighted by molar-refractivity contribution is 5.74. The van der Waals surface area contributed by atoms with E-state index < -0.39 is 0 Å². The van der Waals surface area contributed by atoms with Crippen LogP contribution in [0.15, 0.2) is 36.5 Å². The molecule has 0 unspecified atom stereocenters. The highest BCUT2D eigenvalue weighted by atomic mass is 19.1. The Morgan fingerprint density at radius 3 is 2.66 bits per heavy atom. The van der Waals surface area contributed by atoms with Crippen molar-refractivity contribution in [2.45, 2.75) is 19.9 Å². The number of aromatic nitrogens is 2. The van der Waals surface area contributed by atoms with Crippen LogP contribution in [0.5, 0.6) is 11.5 Å². The lowest BCUT2D eigenvalue weighted by atomic mass is 10.1. The quantitative estimate of drug-likeness (QED) is 0.553. The summed E-state index contributed by atoms with van der Waals surface area (Å²) >= 11 is 0. The molecule has 2 aliphatic rings. The molecule has 0 aliphatic carbocycles. The minimum atomic E-state index is -0.355. The number of anilines is 4. The van der Waals surface area contributed by atoms with Gasteiger partial charge in [-0.05, 0) is 38.1 Å². The lowest BCUT2D eigenvalue weighted by Crippen LogP contribution is -2.43. The highest BCUT2D eigenvalue weighted by Gasteiger charge is 2.25. The van der Waals surface area contributed by atoms with Crippen molar-refractivity contribution in [1.82, 2.24) is 14.9 Å². The number of hydrogen-bond donors (Lipinski definition) is 2. The number of nitrogens with zero attached hydrogens (tertiary/aromatic N) is 4. The zero-order chi connectivity index (χ0) is 24.5. The number of rotatable bonds is 6. The van der Waals surface area contributed by atoms with Gasteiger partial charge in [0.1, 0.15) is 12.4 Å². The van der Waals surface area contributed by atoms with Crippen LogP contribution in [-0.4, -0.2) is 62.0 Å². The second-order valence-corrected chi connectivity index (χ2v) is 9.22. The molecule has 1 fully saturated rings. The maximum Gasteiger partial charge on any atom is 0.207 e. The molecule has 0 spiro atoms. The average Bonchev–Trinajstić information content (AvgIpc) is 3.23. The van der Waals surface area contributed by atoms with Crippen LogP contribution in [0.4, 0.5) is 27.4 Å². The van der Waals surface area contributed by atoms with E-state index in [1.807, 2.05) is 29.8 Å². The first-order chi connectivity index (χ1) is 17.0. The van der Waals surface area contributed by atoms with Crippen LogP contribution >= 0.6 is 0 Å². The molecule has 0 atom stereocenters. The third kappa shape index (κ3) is 4.48. The fourth-order valence-electron chi connectivity index (χ4n) is 4.83. The van der Waals surface area contributed by atoms with E-state index in [-0.39, 0.29) is 11.9 Å². The van der Waals surface area contributed by atoms with E-state index in [1.165, 1.54) is 6.07 Å². The number of fused-ring (bicyclic) bond motifs is 1. The van der Waals surface area contributed by atoms with Gasteiger partial charge in [0.25, 0.3) is 0 Å². The monoisotopic (exact) mass is 480 g/mol. The van der Waals surface area contributed by atoms with Crippen LogP contribution in [0.25, 0.3) is 11.3 Å². The Balaban J connectivity index is 1.42. The SMILES string of the molecule is COc1cc(Nc2ncc(-c3cc(F)c4c(c3)N(C(C)C)CCO4)n2C)ccc1N1CCNCC1. The van der Waals surface area contributed by atoms with E-state index >= 15 is 0 Å². The highest BCUT2D eigenvalue weighted by Crippen LogP contribution is 2.40. The molecule has 8 nitrogen and oxygen atoms in total.